The molecule has 0 aliphatic rings. The van der Waals surface area contributed by atoms with Gasteiger partial charge in [0, 0.05) is 12.0 Å². The van der Waals surface area contributed by atoms with Gasteiger partial charge < -0.3 is 9.47 Å². The van der Waals surface area contributed by atoms with E-state index in [0.717, 1.165) is 24.2 Å². The molecule has 1 N–H and O–H groups in total. The molecule has 0 aliphatic carbocycles. The molecule has 0 unspecified atom stereocenters. The number of hydrogen-bond donors (Lipinski definition) is 1. The van der Waals surface area contributed by atoms with Gasteiger partial charge in [-0.2, -0.15) is 5.10 Å². The zero-order valence-corrected chi connectivity index (χ0v) is 15.3. The Kier molecular flexibility index (Phi) is 8.08. The molecule has 1 heterocycles. The van der Waals surface area contributed by atoms with Crippen molar-refractivity contribution in [2.75, 3.05) is 18.6 Å². The summed E-state index contributed by atoms with van der Waals surface area (Å²) in [6.45, 7) is 5.61. The van der Waals surface area contributed by atoms with Crippen LogP contribution in [0.15, 0.2) is 34.7 Å². The second kappa shape index (κ2) is 10.6. The molecule has 134 valence electrons. The maximum Gasteiger partial charge on any atom is 0.311 e. The number of ether oxygens (including phenoxy) is 2. The lowest BCUT2D eigenvalue weighted by atomic mass is 10.1. The average Bonchev–Trinajstić information content (AvgIpc) is 3.03. The summed E-state index contributed by atoms with van der Waals surface area (Å²) in [5.74, 6) is -0.273. The van der Waals surface area contributed by atoms with E-state index in [4.69, 9.17) is 9.47 Å². The first-order chi connectivity index (χ1) is 12.2. The number of hydrazone groups is 1. The minimum atomic E-state index is -0.273. The van der Waals surface area contributed by atoms with Crippen LogP contribution in [-0.4, -0.2) is 30.4 Å². The lowest BCUT2D eigenvalue weighted by Crippen LogP contribution is -2.07. The average molecular weight is 361 g/mol. The van der Waals surface area contributed by atoms with Gasteiger partial charge in [-0.1, -0.05) is 25.1 Å². The van der Waals surface area contributed by atoms with Crippen molar-refractivity contribution in [3.63, 3.8) is 0 Å². The molecule has 7 heteroatoms. The fourth-order valence-corrected chi connectivity index (χ4v) is 2.72. The zero-order chi connectivity index (χ0) is 17.9. The molecule has 6 nitrogen and oxygen atoms in total. The van der Waals surface area contributed by atoms with E-state index in [-0.39, 0.29) is 12.4 Å². The van der Waals surface area contributed by atoms with Crippen molar-refractivity contribution in [3.8, 4) is 0 Å². The third-order valence-electron chi connectivity index (χ3n) is 3.12. The van der Waals surface area contributed by atoms with Crippen LogP contribution in [0.2, 0.25) is 0 Å². The summed E-state index contributed by atoms with van der Waals surface area (Å²) >= 11 is 1.40. The van der Waals surface area contributed by atoms with Crippen molar-refractivity contribution in [2.45, 2.75) is 33.3 Å². The number of carbonyl (C=O) groups excluding carboxylic acids is 1. The van der Waals surface area contributed by atoms with Crippen LogP contribution in [-0.2, 0) is 27.3 Å². The van der Waals surface area contributed by atoms with Crippen molar-refractivity contribution in [1.82, 2.24) is 4.98 Å². The molecule has 0 saturated carbocycles. The Morgan fingerprint density at radius 2 is 2.28 bits per heavy atom. The molecular formula is C18H23N3O3S. The van der Waals surface area contributed by atoms with Crippen LogP contribution >= 0.6 is 11.3 Å². The molecule has 25 heavy (non-hydrogen) atoms. The number of anilines is 1. The van der Waals surface area contributed by atoms with E-state index in [0.29, 0.717) is 24.0 Å². The number of thiazole rings is 1. The minimum Gasteiger partial charge on any atom is -0.466 e. The van der Waals surface area contributed by atoms with Crippen molar-refractivity contribution in [1.29, 1.82) is 0 Å². The Morgan fingerprint density at radius 1 is 1.40 bits per heavy atom. The molecule has 1 aromatic carbocycles. The summed E-state index contributed by atoms with van der Waals surface area (Å²) < 4.78 is 10.4. The third kappa shape index (κ3) is 7.03. The second-order valence-electron chi connectivity index (χ2n) is 5.29. The largest absolute Gasteiger partial charge is 0.466 e. The summed E-state index contributed by atoms with van der Waals surface area (Å²) in [7, 11) is 0. The summed E-state index contributed by atoms with van der Waals surface area (Å²) in [5, 5.41) is 6.65. The normalized spacial score (nSPS) is 11.0. The fraction of sp³-hybridized carbons (Fsp3) is 0.389. The molecule has 0 fully saturated rings. The third-order valence-corrected chi connectivity index (χ3v) is 3.92. The molecule has 2 aromatic rings. The lowest BCUT2D eigenvalue weighted by Gasteiger charge is -2.03. The van der Waals surface area contributed by atoms with Gasteiger partial charge in [-0.3, -0.25) is 10.2 Å². The van der Waals surface area contributed by atoms with Crippen molar-refractivity contribution < 1.29 is 14.3 Å². The van der Waals surface area contributed by atoms with E-state index >= 15 is 0 Å². The summed E-state index contributed by atoms with van der Waals surface area (Å²) in [5.41, 5.74) is 5.66. The van der Waals surface area contributed by atoms with E-state index in [1.54, 1.807) is 13.1 Å². The molecule has 0 bridgehead atoms. The minimum absolute atomic E-state index is 0.176. The Morgan fingerprint density at radius 3 is 3.08 bits per heavy atom. The quantitative estimate of drug-likeness (QED) is 0.303. The van der Waals surface area contributed by atoms with E-state index in [1.807, 2.05) is 29.6 Å². The van der Waals surface area contributed by atoms with Crippen LogP contribution in [0.4, 0.5) is 5.13 Å². The van der Waals surface area contributed by atoms with Gasteiger partial charge in [0.1, 0.15) is 0 Å². The van der Waals surface area contributed by atoms with Gasteiger partial charge in [0.25, 0.3) is 0 Å². The molecule has 0 radical (unpaired) electrons. The monoisotopic (exact) mass is 361 g/mol. The van der Waals surface area contributed by atoms with E-state index in [2.05, 4.69) is 22.4 Å². The fourth-order valence-electron chi connectivity index (χ4n) is 2.06. The van der Waals surface area contributed by atoms with Crippen LogP contribution in [0, 0.1) is 0 Å². The van der Waals surface area contributed by atoms with Gasteiger partial charge in [0.2, 0.25) is 5.13 Å². The predicted molar refractivity (Wildman–Crippen MR) is 100 cm³/mol. The Bertz CT molecular complexity index is 700. The maximum atomic E-state index is 11.4. The summed E-state index contributed by atoms with van der Waals surface area (Å²) in [4.78, 5) is 15.7. The van der Waals surface area contributed by atoms with E-state index in [9.17, 15) is 4.79 Å². The van der Waals surface area contributed by atoms with Crippen LogP contribution in [0.25, 0.3) is 0 Å². The number of aromatic nitrogens is 1. The number of nitrogens with one attached hydrogen (secondary N) is 1. The first kappa shape index (κ1) is 19.1. The van der Waals surface area contributed by atoms with Gasteiger partial charge in [-0.05, 0) is 30.5 Å². The lowest BCUT2D eigenvalue weighted by molar-refractivity contribution is -0.142. The molecule has 1 aromatic heterocycles. The number of benzene rings is 1. The zero-order valence-electron chi connectivity index (χ0n) is 14.5. The van der Waals surface area contributed by atoms with Gasteiger partial charge >= 0.3 is 5.97 Å². The van der Waals surface area contributed by atoms with E-state index in [1.165, 1.54) is 11.3 Å². The van der Waals surface area contributed by atoms with E-state index < -0.39 is 0 Å². The van der Waals surface area contributed by atoms with Crippen molar-refractivity contribution in [2.24, 2.45) is 5.10 Å². The van der Waals surface area contributed by atoms with Crippen LogP contribution < -0.4 is 5.43 Å². The maximum absolute atomic E-state index is 11.4. The predicted octanol–water partition coefficient (Wildman–Crippen LogP) is 3.62. The van der Waals surface area contributed by atoms with Gasteiger partial charge in [-0.15, -0.1) is 11.3 Å². The molecule has 2 rings (SSSR count). The standard InChI is InChI=1S/C18H23N3O3S/c1-3-8-23-12-15-7-5-6-14(9-15)11-19-21-18-20-16(13-25-18)10-17(22)24-4-2/h5-7,9,11,13H,3-4,8,10,12H2,1-2H3,(H,20,21). The smallest absolute Gasteiger partial charge is 0.311 e. The number of carbonyl (C=O) groups is 1. The van der Waals surface area contributed by atoms with Gasteiger partial charge in [0.05, 0.1) is 31.5 Å². The second-order valence-corrected chi connectivity index (χ2v) is 6.15. The number of hydrogen-bond acceptors (Lipinski definition) is 7. The van der Waals surface area contributed by atoms with Gasteiger partial charge in [0.15, 0.2) is 0 Å². The summed E-state index contributed by atoms with van der Waals surface area (Å²) in [6.07, 6.45) is 2.92. The molecule has 0 amide bonds. The number of nitrogens with zero attached hydrogens (tertiary/aromatic N) is 2. The highest BCUT2D eigenvalue weighted by Crippen LogP contribution is 2.16. The number of rotatable bonds is 10. The molecular weight excluding hydrogens is 338 g/mol. The Balaban J connectivity index is 1.85. The topological polar surface area (TPSA) is 72.8 Å². The van der Waals surface area contributed by atoms with Crippen LogP contribution in [0.3, 0.4) is 0 Å². The highest BCUT2D eigenvalue weighted by atomic mass is 32.1. The van der Waals surface area contributed by atoms with Crippen molar-refractivity contribution >= 4 is 28.7 Å². The van der Waals surface area contributed by atoms with Crippen LogP contribution in [0.5, 0.6) is 0 Å². The highest BCUT2D eigenvalue weighted by molar-refractivity contribution is 7.13. The first-order valence-electron chi connectivity index (χ1n) is 8.27. The molecule has 0 aliphatic heterocycles. The Labute approximate surface area is 151 Å². The van der Waals surface area contributed by atoms with Crippen LogP contribution in [0.1, 0.15) is 37.1 Å². The van der Waals surface area contributed by atoms with Crippen molar-refractivity contribution in [3.05, 3.63) is 46.5 Å². The molecule has 0 spiro atoms. The summed E-state index contributed by atoms with van der Waals surface area (Å²) in [6, 6.07) is 8.02. The number of esters is 1. The highest BCUT2D eigenvalue weighted by Gasteiger charge is 2.07. The SMILES string of the molecule is CCCOCc1cccc(C=NNc2nc(CC(=O)OCC)cs2)c1. The Hall–Kier alpha value is -2.25. The molecule has 0 atom stereocenters. The first-order valence-corrected chi connectivity index (χ1v) is 9.15. The molecule has 0 saturated heterocycles. The van der Waals surface area contributed by atoms with Gasteiger partial charge in [-0.25, -0.2) is 4.98 Å².